The minimum atomic E-state index is -0.253. The van der Waals surface area contributed by atoms with Gasteiger partial charge in [-0.3, -0.25) is 4.79 Å². The molecule has 10 heteroatoms. The molecule has 0 aliphatic rings. The number of amides is 3. The SMILES string of the molecule is COc1ccc(NC(=O)N(Cc2nc(C(=O)NCCc3ccc(OC)c(OC)c3)cs2)C(C)C)cc1. The molecule has 0 saturated carbocycles. The third kappa shape index (κ3) is 7.11. The number of urea groups is 1. The molecule has 192 valence electrons. The molecule has 0 radical (unpaired) electrons. The largest absolute Gasteiger partial charge is 0.497 e. The maximum absolute atomic E-state index is 12.9. The topological polar surface area (TPSA) is 102 Å². The Labute approximate surface area is 215 Å². The standard InChI is InChI=1S/C26H32N4O5S/c1-17(2)30(26(32)28-19-7-9-20(33-3)10-8-19)15-24-29-21(16-36-24)25(31)27-13-12-18-6-11-22(34-4)23(14-18)35-5/h6-11,14,16-17H,12-13,15H2,1-5H3,(H,27,31)(H,28,32). The molecule has 3 amide bonds. The molecule has 2 aromatic carbocycles. The summed E-state index contributed by atoms with van der Waals surface area (Å²) in [5, 5.41) is 8.18. The zero-order valence-electron chi connectivity index (χ0n) is 21.2. The van der Waals surface area contributed by atoms with Gasteiger partial charge in [-0.05, 0) is 62.2 Å². The van der Waals surface area contributed by atoms with Gasteiger partial charge in [0.2, 0.25) is 0 Å². The zero-order valence-corrected chi connectivity index (χ0v) is 22.0. The molecule has 9 nitrogen and oxygen atoms in total. The van der Waals surface area contributed by atoms with E-state index in [1.807, 2.05) is 32.0 Å². The van der Waals surface area contributed by atoms with Crippen molar-refractivity contribution in [3.63, 3.8) is 0 Å². The summed E-state index contributed by atoms with van der Waals surface area (Å²) in [5.74, 6) is 1.77. The summed E-state index contributed by atoms with van der Waals surface area (Å²) in [4.78, 5) is 31.6. The average Bonchev–Trinajstić information content (AvgIpc) is 3.36. The Kier molecular flexibility index (Phi) is 9.52. The molecule has 0 spiro atoms. The molecule has 0 aliphatic carbocycles. The zero-order chi connectivity index (χ0) is 26.1. The van der Waals surface area contributed by atoms with Crippen LogP contribution in [-0.4, -0.2) is 55.7 Å². The van der Waals surface area contributed by atoms with Crippen LogP contribution in [-0.2, 0) is 13.0 Å². The first kappa shape index (κ1) is 26.8. The van der Waals surface area contributed by atoms with Crippen LogP contribution in [0.15, 0.2) is 47.8 Å². The van der Waals surface area contributed by atoms with Crippen molar-refractivity contribution in [2.75, 3.05) is 33.2 Å². The van der Waals surface area contributed by atoms with E-state index >= 15 is 0 Å². The summed E-state index contributed by atoms with van der Waals surface area (Å²) in [6, 6.07) is 12.5. The number of carbonyl (C=O) groups is 2. The van der Waals surface area contributed by atoms with Crippen molar-refractivity contribution in [1.82, 2.24) is 15.2 Å². The van der Waals surface area contributed by atoms with Crippen molar-refractivity contribution in [3.05, 3.63) is 64.1 Å². The molecular weight excluding hydrogens is 480 g/mol. The molecule has 0 bridgehead atoms. The summed E-state index contributed by atoms with van der Waals surface area (Å²) < 4.78 is 15.7. The van der Waals surface area contributed by atoms with Gasteiger partial charge in [-0.2, -0.15) is 0 Å². The van der Waals surface area contributed by atoms with Crippen molar-refractivity contribution in [1.29, 1.82) is 0 Å². The number of rotatable bonds is 11. The lowest BCUT2D eigenvalue weighted by atomic mass is 10.1. The summed E-state index contributed by atoms with van der Waals surface area (Å²) in [6.45, 7) is 4.61. The number of benzene rings is 2. The lowest BCUT2D eigenvalue weighted by molar-refractivity contribution is 0.0949. The Hall–Kier alpha value is -3.79. The molecule has 3 aromatic rings. The van der Waals surface area contributed by atoms with Gasteiger partial charge in [0.05, 0.1) is 27.9 Å². The van der Waals surface area contributed by atoms with E-state index in [0.29, 0.717) is 53.1 Å². The maximum Gasteiger partial charge on any atom is 0.322 e. The Bertz CT molecular complexity index is 1160. The second kappa shape index (κ2) is 12.8. The fraction of sp³-hybridized carbons (Fsp3) is 0.346. The molecule has 0 saturated heterocycles. The van der Waals surface area contributed by atoms with Gasteiger partial charge in [-0.1, -0.05) is 6.07 Å². The predicted octanol–water partition coefficient (Wildman–Crippen LogP) is 4.58. The van der Waals surface area contributed by atoms with Crippen molar-refractivity contribution in [2.45, 2.75) is 32.9 Å². The van der Waals surface area contributed by atoms with Gasteiger partial charge in [-0.25, -0.2) is 9.78 Å². The molecule has 0 unspecified atom stereocenters. The van der Waals surface area contributed by atoms with Crippen molar-refractivity contribution >= 4 is 29.0 Å². The Morgan fingerprint density at radius 1 is 1.00 bits per heavy atom. The van der Waals surface area contributed by atoms with Gasteiger partial charge in [0.1, 0.15) is 16.5 Å². The van der Waals surface area contributed by atoms with Gasteiger partial charge in [0, 0.05) is 23.7 Å². The lowest BCUT2D eigenvalue weighted by Gasteiger charge is -2.26. The van der Waals surface area contributed by atoms with E-state index in [9.17, 15) is 9.59 Å². The molecule has 3 rings (SSSR count). The molecule has 1 aromatic heterocycles. The van der Waals surface area contributed by atoms with Crippen LogP contribution in [0.1, 0.15) is 34.9 Å². The van der Waals surface area contributed by atoms with E-state index in [1.165, 1.54) is 11.3 Å². The number of aromatic nitrogens is 1. The van der Waals surface area contributed by atoms with Crippen LogP contribution in [0.4, 0.5) is 10.5 Å². The first-order chi connectivity index (χ1) is 17.3. The van der Waals surface area contributed by atoms with E-state index in [0.717, 1.165) is 5.56 Å². The third-order valence-electron chi connectivity index (χ3n) is 5.46. The highest BCUT2D eigenvalue weighted by molar-refractivity contribution is 7.09. The molecule has 36 heavy (non-hydrogen) atoms. The molecule has 0 fully saturated rings. The van der Waals surface area contributed by atoms with Crippen LogP contribution in [0.5, 0.6) is 17.2 Å². The number of methoxy groups -OCH3 is 3. The van der Waals surface area contributed by atoms with Crippen LogP contribution in [0.25, 0.3) is 0 Å². The van der Waals surface area contributed by atoms with E-state index in [1.54, 1.807) is 55.9 Å². The summed E-state index contributed by atoms with van der Waals surface area (Å²) in [7, 11) is 4.77. The number of ether oxygens (including phenoxy) is 3. The second-order valence-electron chi connectivity index (χ2n) is 8.20. The monoisotopic (exact) mass is 512 g/mol. The minimum Gasteiger partial charge on any atom is -0.497 e. The highest BCUT2D eigenvalue weighted by Gasteiger charge is 2.20. The van der Waals surface area contributed by atoms with Crippen molar-refractivity contribution in [3.8, 4) is 17.2 Å². The molecule has 2 N–H and O–H groups in total. The minimum absolute atomic E-state index is 0.0640. The molecule has 0 aliphatic heterocycles. The quantitative estimate of drug-likeness (QED) is 0.390. The van der Waals surface area contributed by atoms with Crippen LogP contribution < -0.4 is 24.8 Å². The van der Waals surface area contributed by atoms with Crippen molar-refractivity contribution < 1.29 is 23.8 Å². The number of hydrogen-bond acceptors (Lipinski definition) is 7. The average molecular weight is 513 g/mol. The summed E-state index contributed by atoms with van der Waals surface area (Å²) >= 11 is 1.35. The fourth-order valence-electron chi connectivity index (χ4n) is 3.44. The Morgan fingerprint density at radius 2 is 1.72 bits per heavy atom. The second-order valence-corrected chi connectivity index (χ2v) is 9.14. The molecule has 1 heterocycles. The number of nitrogens with zero attached hydrogens (tertiary/aromatic N) is 2. The van der Waals surface area contributed by atoms with Gasteiger partial charge in [0.15, 0.2) is 11.5 Å². The van der Waals surface area contributed by atoms with Crippen LogP contribution in [0.3, 0.4) is 0 Å². The number of nitrogens with one attached hydrogen (secondary N) is 2. The number of hydrogen-bond donors (Lipinski definition) is 2. The third-order valence-corrected chi connectivity index (χ3v) is 6.30. The highest BCUT2D eigenvalue weighted by Crippen LogP contribution is 2.27. The van der Waals surface area contributed by atoms with E-state index in [-0.39, 0.29) is 18.0 Å². The normalized spacial score (nSPS) is 10.6. The highest BCUT2D eigenvalue weighted by atomic mass is 32.1. The number of carbonyl (C=O) groups excluding carboxylic acids is 2. The lowest BCUT2D eigenvalue weighted by Crippen LogP contribution is -2.39. The Balaban J connectivity index is 1.55. The van der Waals surface area contributed by atoms with E-state index < -0.39 is 0 Å². The number of thiazole rings is 1. The summed E-state index contributed by atoms with van der Waals surface area (Å²) in [6.07, 6.45) is 0.635. The van der Waals surface area contributed by atoms with Gasteiger partial charge >= 0.3 is 6.03 Å². The van der Waals surface area contributed by atoms with Crippen LogP contribution in [0, 0.1) is 0 Å². The smallest absolute Gasteiger partial charge is 0.322 e. The Morgan fingerprint density at radius 3 is 2.36 bits per heavy atom. The van der Waals surface area contributed by atoms with Gasteiger partial charge < -0.3 is 29.7 Å². The first-order valence-electron chi connectivity index (χ1n) is 11.5. The molecular formula is C26H32N4O5S. The molecule has 0 atom stereocenters. The summed E-state index contributed by atoms with van der Waals surface area (Å²) in [5.41, 5.74) is 2.02. The van der Waals surface area contributed by atoms with E-state index in [4.69, 9.17) is 14.2 Å². The first-order valence-corrected chi connectivity index (χ1v) is 12.4. The van der Waals surface area contributed by atoms with Gasteiger partial charge in [0.25, 0.3) is 5.91 Å². The number of anilines is 1. The van der Waals surface area contributed by atoms with Crippen LogP contribution in [0.2, 0.25) is 0 Å². The maximum atomic E-state index is 12.9. The van der Waals surface area contributed by atoms with Crippen LogP contribution >= 0.6 is 11.3 Å². The predicted molar refractivity (Wildman–Crippen MR) is 140 cm³/mol. The van der Waals surface area contributed by atoms with E-state index in [2.05, 4.69) is 15.6 Å². The fourth-order valence-corrected chi connectivity index (χ4v) is 4.21. The van der Waals surface area contributed by atoms with Crippen molar-refractivity contribution in [2.24, 2.45) is 0 Å². The van der Waals surface area contributed by atoms with Gasteiger partial charge in [-0.15, -0.1) is 11.3 Å².